The van der Waals surface area contributed by atoms with Gasteiger partial charge in [-0.05, 0) is 42.7 Å². The van der Waals surface area contributed by atoms with Gasteiger partial charge in [0.1, 0.15) is 5.75 Å². The maximum Gasteiger partial charge on any atom is 0.119 e. The zero-order valence-electron chi connectivity index (χ0n) is 11.0. The lowest BCUT2D eigenvalue weighted by Gasteiger charge is -2.14. The zero-order valence-corrected chi connectivity index (χ0v) is 13.3. The molecule has 1 nitrogen and oxygen atoms in total. The molecule has 2 aromatic rings. The molecule has 0 aromatic heterocycles. The minimum atomic E-state index is 0.0931. The molecule has 0 spiro atoms. The minimum Gasteiger partial charge on any atom is -0.494 e. The summed E-state index contributed by atoms with van der Waals surface area (Å²) in [5.41, 5.74) is 3.34. The number of hydrogen-bond acceptors (Lipinski definition) is 1. The van der Waals surface area contributed by atoms with E-state index >= 15 is 0 Å². The van der Waals surface area contributed by atoms with E-state index in [1.807, 2.05) is 44.2 Å². The van der Waals surface area contributed by atoms with Gasteiger partial charge in [-0.15, -0.1) is 0 Å². The van der Waals surface area contributed by atoms with E-state index in [9.17, 15) is 0 Å². The Labute approximate surface area is 127 Å². The Morgan fingerprint density at radius 2 is 1.84 bits per heavy atom. The van der Waals surface area contributed by atoms with Gasteiger partial charge in [0.05, 0.1) is 11.4 Å². The third-order valence-corrected chi connectivity index (χ3v) is 4.52. The Kier molecular flexibility index (Phi) is 4.89. The lowest BCUT2D eigenvalue weighted by Crippen LogP contribution is -1.96. The fourth-order valence-corrected chi connectivity index (χ4v) is 3.00. The van der Waals surface area contributed by atoms with Crippen molar-refractivity contribution in [3.05, 3.63) is 64.2 Å². The number of rotatable bonds is 4. The second kappa shape index (κ2) is 6.44. The average molecular weight is 340 g/mol. The number of aryl methyl sites for hydroxylation is 1. The van der Waals surface area contributed by atoms with E-state index in [0.717, 1.165) is 27.5 Å². The van der Waals surface area contributed by atoms with Crippen LogP contribution in [0.3, 0.4) is 0 Å². The Bertz CT molecular complexity index is 551. The molecule has 19 heavy (non-hydrogen) atoms. The van der Waals surface area contributed by atoms with Crippen LogP contribution in [0.5, 0.6) is 5.75 Å². The van der Waals surface area contributed by atoms with Crippen molar-refractivity contribution < 1.29 is 4.74 Å². The van der Waals surface area contributed by atoms with Gasteiger partial charge in [0, 0.05) is 5.02 Å². The van der Waals surface area contributed by atoms with Gasteiger partial charge in [-0.25, -0.2) is 0 Å². The van der Waals surface area contributed by atoms with Crippen LogP contribution in [0.15, 0.2) is 42.5 Å². The summed E-state index contributed by atoms with van der Waals surface area (Å²) in [6.07, 6.45) is 0. The summed E-state index contributed by atoms with van der Waals surface area (Å²) in [4.78, 5) is 0.0931. The van der Waals surface area contributed by atoms with Crippen molar-refractivity contribution in [2.45, 2.75) is 18.7 Å². The van der Waals surface area contributed by atoms with Gasteiger partial charge >= 0.3 is 0 Å². The summed E-state index contributed by atoms with van der Waals surface area (Å²) in [7, 11) is 0. The number of benzene rings is 2. The van der Waals surface area contributed by atoms with E-state index in [1.54, 1.807) is 0 Å². The van der Waals surface area contributed by atoms with Gasteiger partial charge in [-0.3, -0.25) is 0 Å². The van der Waals surface area contributed by atoms with Crippen LogP contribution in [0.1, 0.15) is 28.4 Å². The number of ether oxygens (including phenoxy) is 1. The molecule has 100 valence electrons. The fraction of sp³-hybridized carbons (Fsp3) is 0.250. The molecular formula is C16H16BrClO. The Balaban J connectivity index is 2.28. The largest absolute Gasteiger partial charge is 0.494 e. The lowest BCUT2D eigenvalue weighted by molar-refractivity contribution is 0.340. The molecule has 1 atom stereocenters. The SMILES string of the molecule is CCOc1ccc(C(Br)c2cccc(C)c2Cl)cc1. The topological polar surface area (TPSA) is 9.23 Å². The molecule has 0 heterocycles. The molecule has 0 amide bonds. The van der Waals surface area contributed by atoms with Crippen LogP contribution >= 0.6 is 27.5 Å². The van der Waals surface area contributed by atoms with Gasteiger partial charge in [-0.2, -0.15) is 0 Å². The summed E-state index contributed by atoms with van der Waals surface area (Å²) in [5.74, 6) is 0.890. The number of halogens is 2. The van der Waals surface area contributed by atoms with Crippen molar-refractivity contribution in [1.29, 1.82) is 0 Å². The summed E-state index contributed by atoms with van der Waals surface area (Å²) in [5, 5.41) is 0.818. The van der Waals surface area contributed by atoms with Crippen LogP contribution in [0.25, 0.3) is 0 Å². The second-order valence-electron chi connectivity index (χ2n) is 4.34. The zero-order chi connectivity index (χ0) is 13.8. The first-order valence-electron chi connectivity index (χ1n) is 6.25. The first-order chi connectivity index (χ1) is 9.13. The van der Waals surface area contributed by atoms with Crippen molar-refractivity contribution in [1.82, 2.24) is 0 Å². The van der Waals surface area contributed by atoms with Gasteiger partial charge < -0.3 is 4.74 Å². The normalized spacial score (nSPS) is 12.2. The summed E-state index contributed by atoms with van der Waals surface area (Å²) >= 11 is 10.1. The van der Waals surface area contributed by atoms with E-state index in [4.69, 9.17) is 16.3 Å². The summed E-state index contributed by atoms with van der Waals surface area (Å²) in [6.45, 7) is 4.68. The highest BCUT2D eigenvalue weighted by Crippen LogP contribution is 2.36. The molecule has 0 saturated carbocycles. The van der Waals surface area contributed by atoms with E-state index in [-0.39, 0.29) is 4.83 Å². The van der Waals surface area contributed by atoms with E-state index in [1.165, 1.54) is 0 Å². The highest BCUT2D eigenvalue weighted by Gasteiger charge is 2.14. The Morgan fingerprint density at radius 1 is 1.16 bits per heavy atom. The molecular weight excluding hydrogens is 324 g/mol. The van der Waals surface area contributed by atoms with Crippen LogP contribution in [0.2, 0.25) is 5.02 Å². The van der Waals surface area contributed by atoms with Crippen molar-refractivity contribution in [2.75, 3.05) is 6.61 Å². The number of hydrogen-bond donors (Lipinski definition) is 0. The third-order valence-electron chi connectivity index (χ3n) is 2.98. The van der Waals surface area contributed by atoms with Crippen LogP contribution < -0.4 is 4.74 Å². The quantitative estimate of drug-likeness (QED) is 0.665. The standard InChI is InChI=1S/C16H16BrClO/c1-3-19-13-9-7-12(8-10-13)15(17)14-6-4-5-11(2)16(14)18/h4-10,15H,3H2,1-2H3. The predicted octanol–water partition coefficient (Wildman–Crippen LogP) is 5.53. The molecule has 0 N–H and O–H groups in total. The van der Waals surface area contributed by atoms with Crippen LogP contribution in [0.4, 0.5) is 0 Å². The van der Waals surface area contributed by atoms with Gasteiger partial charge in [0.2, 0.25) is 0 Å². The van der Waals surface area contributed by atoms with Crippen LogP contribution in [-0.4, -0.2) is 6.61 Å². The molecule has 3 heteroatoms. The van der Waals surface area contributed by atoms with Gasteiger partial charge in [0.15, 0.2) is 0 Å². The van der Waals surface area contributed by atoms with Crippen molar-refractivity contribution in [3.8, 4) is 5.75 Å². The smallest absolute Gasteiger partial charge is 0.119 e. The third kappa shape index (κ3) is 3.31. The lowest BCUT2D eigenvalue weighted by atomic mass is 10.0. The Morgan fingerprint density at radius 3 is 2.47 bits per heavy atom. The Hall–Kier alpha value is -0.990. The maximum absolute atomic E-state index is 6.36. The monoisotopic (exact) mass is 338 g/mol. The van der Waals surface area contributed by atoms with Gasteiger partial charge in [0.25, 0.3) is 0 Å². The van der Waals surface area contributed by atoms with Crippen molar-refractivity contribution in [3.63, 3.8) is 0 Å². The molecule has 0 radical (unpaired) electrons. The van der Waals surface area contributed by atoms with Crippen molar-refractivity contribution in [2.24, 2.45) is 0 Å². The molecule has 0 aliphatic heterocycles. The molecule has 2 rings (SSSR count). The minimum absolute atomic E-state index is 0.0931. The maximum atomic E-state index is 6.36. The van der Waals surface area contributed by atoms with Gasteiger partial charge in [-0.1, -0.05) is 57.9 Å². The highest BCUT2D eigenvalue weighted by molar-refractivity contribution is 9.09. The summed E-state index contributed by atoms with van der Waals surface area (Å²) < 4.78 is 5.45. The van der Waals surface area contributed by atoms with E-state index in [0.29, 0.717) is 6.61 Å². The fourth-order valence-electron chi connectivity index (χ4n) is 1.95. The molecule has 2 aromatic carbocycles. The summed E-state index contributed by atoms with van der Waals surface area (Å²) in [6, 6.07) is 14.2. The molecule has 0 fully saturated rings. The molecule has 0 aliphatic carbocycles. The second-order valence-corrected chi connectivity index (χ2v) is 5.64. The van der Waals surface area contributed by atoms with E-state index in [2.05, 4.69) is 28.1 Å². The first-order valence-corrected chi connectivity index (χ1v) is 7.54. The predicted molar refractivity (Wildman–Crippen MR) is 84.6 cm³/mol. The highest BCUT2D eigenvalue weighted by atomic mass is 79.9. The number of alkyl halides is 1. The van der Waals surface area contributed by atoms with Crippen LogP contribution in [-0.2, 0) is 0 Å². The molecule has 0 aliphatic rings. The molecule has 0 bridgehead atoms. The van der Waals surface area contributed by atoms with Crippen molar-refractivity contribution >= 4 is 27.5 Å². The van der Waals surface area contributed by atoms with E-state index < -0.39 is 0 Å². The molecule has 0 saturated heterocycles. The molecule has 1 unspecified atom stereocenters. The average Bonchev–Trinajstić information content (AvgIpc) is 2.42. The van der Waals surface area contributed by atoms with Crippen LogP contribution in [0, 0.1) is 6.92 Å². The first kappa shape index (κ1) is 14.4.